The Kier molecular flexibility index (Phi) is 8.96. The lowest BCUT2D eigenvalue weighted by Crippen LogP contribution is -2.30. The molecule has 0 atom stereocenters. The minimum atomic E-state index is -3.72. The SMILES string of the molecule is Cc1nn(C)c2c1-c1c(Cl)ccc3c1c(C)c(C(=O)O)n3CCCOc1cc(cc3ccccc13)SCc1cc(nn1C)CN(S(C)(=O)=O)C2. The van der Waals surface area contributed by atoms with Crippen LogP contribution in [0.25, 0.3) is 32.8 Å². The average Bonchev–Trinajstić information content (AvgIpc) is 3.65. The van der Waals surface area contributed by atoms with E-state index in [2.05, 4.69) is 12.1 Å². The molecule has 3 aromatic carbocycles. The van der Waals surface area contributed by atoms with Crippen molar-refractivity contribution in [3.05, 3.63) is 93.7 Å². The second-order valence-electron chi connectivity index (χ2n) is 12.7. The van der Waals surface area contributed by atoms with E-state index in [9.17, 15) is 18.3 Å². The maximum absolute atomic E-state index is 13.3. The lowest BCUT2D eigenvalue weighted by atomic mass is 9.96. The maximum Gasteiger partial charge on any atom is 0.352 e. The third-order valence-corrected chi connectivity index (χ3v) is 11.9. The number of hydrogen-bond acceptors (Lipinski definition) is 7. The van der Waals surface area contributed by atoms with Crippen LogP contribution in [0.4, 0.5) is 0 Å². The summed E-state index contributed by atoms with van der Waals surface area (Å²) >= 11 is 8.63. The van der Waals surface area contributed by atoms with E-state index in [0.29, 0.717) is 75.0 Å². The maximum atomic E-state index is 13.3. The molecule has 0 radical (unpaired) electrons. The number of rotatable bonds is 2. The number of benzene rings is 3. The van der Waals surface area contributed by atoms with Crippen LogP contribution in [0.3, 0.4) is 0 Å². The first kappa shape index (κ1) is 34.2. The van der Waals surface area contributed by atoms with Crippen molar-refractivity contribution in [2.45, 2.75) is 50.6 Å². The molecular weight excluding hydrogens is 696 g/mol. The Labute approximate surface area is 299 Å². The van der Waals surface area contributed by atoms with Gasteiger partial charge in [-0.1, -0.05) is 35.9 Å². The fraction of sp³-hybridized carbons (Fsp3) is 0.306. The minimum absolute atomic E-state index is 0.00162. The number of sulfonamides is 1. The van der Waals surface area contributed by atoms with Gasteiger partial charge in [0.2, 0.25) is 10.0 Å². The summed E-state index contributed by atoms with van der Waals surface area (Å²) in [5.74, 6) is 0.320. The van der Waals surface area contributed by atoms with Crippen molar-refractivity contribution < 1.29 is 23.1 Å². The molecule has 0 aliphatic carbocycles. The molecule has 0 saturated heterocycles. The summed E-state index contributed by atoms with van der Waals surface area (Å²) in [6, 6.07) is 17.8. The molecule has 50 heavy (non-hydrogen) atoms. The van der Waals surface area contributed by atoms with E-state index >= 15 is 0 Å². The molecule has 3 aromatic heterocycles. The van der Waals surface area contributed by atoms with E-state index in [-0.39, 0.29) is 18.8 Å². The summed E-state index contributed by atoms with van der Waals surface area (Å²) in [4.78, 5) is 13.8. The number of aromatic carboxylic acids is 1. The zero-order valence-corrected chi connectivity index (χ0v) is 30.8. The van der Waals surface area contributed by atoms with E-state index in [1.165, 1.54) is 10.6 Å². The molecule has 6 aromatic rings. The first-order valence-corrected chi connectivity index (χ1v) is 19.4. The molecule has 1 N–H and O–H groups in total. The molecule has 4 heterocycles. The molecule has 0 saturated carbocycles. The molecule has 0 amide bonds. The molecule has 260 valence electrons. The van der Waals surface area contributed by atoms with Crippen LogP contribution in [0.1, 0.15) is 45.2 Å². The number of carbonyl (C=O) groups is 1. The number of fused-ring (bicyclic) bond motifs is 8. The number of carboxylic acid groups (broad SMARTS) is 1. The van der Waals surface area contributed by atoms with E-state index < -0.39 is 16.0 Å². The Morgan fingerprint density at radius 1 is 1.00 bits per heavy atom. The Bertz CT molecular complexity index is 2430. The van der Waals surface area contributed by atoms with Crippen LogP contribution < -0.4 is 4.74 Å². The zero-order chi connectivity index (χ0) is 35.5. The molecule has 0 unspecified atom stereocenters. The fourth-order valence-electron chi connectivity index (χ4n) is 7.01. The summed E-state index contributed by atoms with van der Waals surface area (Å²) in [6.45, 7) is 4.45. The van der Waals surface area contributed by atoms with Gasteiger partial charge in [0, 0.05) is 69.4 Å². The minimum Gasteiger partial charge on any atom is -0.493 e. The molecule has 7 rings (SSSR count). The highest BCUT2D eigenvalue weighted by atomic mass is 35.5. The highest BCUT2D eigenvalue weighted by Crippen LogP contribution is 2.43. The van der Waals surface area contributed by atoms with Gasteiger partial charge in [-0.3, -0.25) is 9.36 Å². The summed E-state index contributed by atoms with van der Waals surface area (Å²) in [6.07, 6.45) is 1.74. The number of carboxylic acids is 1. The highest BCUT2D eigenvalue weighted by Gasteiger charge is 2.29. The lowest BCUT2D eigenvalue weighted by molar-refractivity contribution is 0.0684. The Hall–Kier alpha value is -4.30. The molecule has 0 fully saturated rings. The zero-order valence-electron chi connectivity index (χ0n) is 28.4. The summed E-state index contributed by atoms with van der Waals surface area (Å²) in [7, 11) is -0.0797. The van der Waals surface area contributed by atoms with E-state index in [1.807, 2.05) is 54.9 Å². The topological polar surface area (TPSA) is 124 Å². The molecular formula is C36H37ClN6O5S2. The third kappa shape index (κ3) is 6.16. The number of aryl methyl sites for hydroxylation is 5. The van der Waals surface area contributed by atoms with Crippen LogP contribution in [-0.4, -0.2) is 60.8 Å². The fourth-order valence-corrected chi connectivity index (χ4v) is 8.97. The van der Waals surface area contributed by atoms with E-state index in [4.69, 9.17) is 26.5 Å². The van der Waals surface area contributed by atoms with Gasteiger partial charge in [-0.2, -0.15) is 14.5 Å². The number of nitrogens with zero attached hydrogens (tertiary/aromatic N) is 6. The Morgan fingerprint density at radius 3 is 2.54 bits per heavy atom. The van der Waals surface area contributed by atoms with E-state index in [0.717, 1.165) is 27.1 Å². The second-order valence-corrected chi connectivity index (χ2v) is 16.1. The molecule has 11 nitrogen and oxygen atoms in total. The molecule has 14 heteroatoms. The molecule has 0 spiro atoms. The first-order chi connectivity index (χ1) is 23.8. The van der Waals surface area contributed by atoms with Gasteiger partial charge in [-0.15, -0.1) is 11.8 Å². The Balaban J connectivity index is 1.42. The van der Waals surface area contributed by atoms with Gasteiger partial charge in [0.15, 0.2) is 0 Å². The number of hydrogen-bond donors (Lipinski definition) is 1. The van der Waals surface area contributed by atoms with Crippen molar-refractivity contribution in [2.24, 2.45) is 14.1 Å². The predicted octanol–water partition coefficient (Wildman–Crippen LogP) is 6.93. The lowest BCUT2D eigenvalue weighted by Gasteiger charge is -2.20. The van der Waals surface area contributed by atoms with Crippen molar-refractivity contribution in [3.8, 4) is 16.9 Å². The molecule has 8 bridgehead atoms. The van der Waals surface area contributed by atoms with Gasteiger partial charge >= 0.3 is 5.97 Å². The summed E-state index contributed by atoms with van der Waals surface area (Å²) < 4.78 is 39.7. The van der Waals surface area contributed by atoms with Crippen molar-refractivity contribution >= 4 is 61.0 Å². The average molecular weight is 733 g/mol. The normalized spacial score (nSPS) is 14.8. The Morgan fingerprint density at radius 2 is 1.78 bits per heavy atom. The van der Waals surface area contributed by atoms with Crippen LogP contribution >= 0.6 is 23.4 Å². The second kappa shape index (κ2) is 13.1. The van der Waals surface area contributed by atoms with Crippen LogP contribution in [0.5, 0.6) is 5.75 Å². The van der Waals surface area contributed by atoms with Crippen molar-refractivity contribution in [2.75, 3.05) is 12.9 Å². The number of ether oxygens (including phenoxy) is 1. The van der Waals surface area contributed by atoms with Gasteiger partial charge in [0.05, 0.1) is 43.0 Å². The van der Waals surface area contributed by atoms with Crippen molar-refractivity contribution in [1.82, 2.24) is 28.4 Å². The van der Waals surface area contributed by atoms with Gasteiger partial charge in [0.1, 0.15) is 11.4 Å². The van der Waals surface area contributed by atoms with Gasteiger partial charge in [-0.05, 0) is 61.5 Å². The quantitative estimate of drug-likeness (QED) is 0.203. The standard InChI is InChI=1S/C36H37ClN6O5S2/c1-21-32-29-12-11-28(37)34(32)33-22(2)38-41(4)30(33)19-42(50(5,46)47)18-24-16-25(40(3)39-24)20-49-26-15-23-9-6-7-10-27(23)31(17-26)48-14-8-13-43(29)35(21)36(44)45/h6-7,9-12,15-17H,8,13-14,18-20H2,1-5H3,(H,44,45). The number of aromatic nitrogens is 5. The highest BCUT2D eigenvalue weighted by molar-refractivity contribution is 7.98. The van der Waals surface area contributed by atoms with Crippen LogP contribution in [0, 0.1) is 13.8 Å². The predicted molar refractivity (Wildman–Crippen MR) is 197 cm³/mol. The monoisotopic (exact) mass is 732 g/mol. The van der Waals surface area contributed by atoms with Crippen LogP contribution in [-0.2, 0) is 49.5 Å². The van der Waals surface area contributed by atoms with Gasteiger partial charge < -0.3 is 14.4 Å². The van der Waals surface area contributed by atoms with Gasteiger partial charge in [-0.25, -0.2) is 13.2 Å². The van der Waals surface area contributed by atoms with Crippen LogP contribution in [0.2, 0.25) is 5.02 Å². The molecule has 1 aliphatic heterocycles. The summed E-state index contributed by atoms with van der Waals surface area (Å²) in [5, 5.41) is 23.0. The van der Waals surface area contributed by atoms with E-state index in [1.54, 1.807) is 41.2 Å². The van der Waals surface area contributed by atoms with Crippen molar-refractivity contribution in [1.29, 1.82) is 0 Å². The number of thioether (sulfide) groups is 1. The summed E-state index contributed by atoms with van der Waals surface area (Å²) in [5.41, 5.74) is 5.58. The number of halogens is 1. The van der Waals surface area contributed by atoms with Gasteiger partial charge in [0.25, 0.3) is 0 Å². The van der Waals surface area contributed by atoms with Crippen molar-refractivity contribution in [3.63, 3.8) is 0 Å². The first-order valence-electron chi connectivity index (χ1n) is 16.1. The largest absolute Gasteiger partial charge is 0.493 e. The molecule has 1 aliphatic rings. The smallest absolute Gasteiger partial charge is 0.352 e. The van der Waals surface area contributed by atoms with Crippen LogP contribution in [0.15, 0.2) is 59.5 Å². The third-order valence-electron chi connectivity index (χ3n) is 9.35.